The van der Waals surface area contributed by atoms with E-state index in [1.165, 1.54) is 32.4 Å². The third-order valence-corrected chi connectivity index (χ3v) is 2.70. The summed E-state index contributed by atoms with van der Waals surface area (Å²) in [7, 11) is 0.869. The highest BCUT2D eigenvalue weighted by Gasteiger charge is 2.13. The summed E-state index contributed by atoms with van der Waals surface area (Å²) in [5.74, 6) is 0. The van der Waals surface area contributed by atoms with E-state index < -0.39 is 0 Å². The molecular weight excluding hydrogens is 178 g/mol. The third kappa shape index (κ3) is 5.44. The Morgan fingerprint density at radius 1 is 1.15 bits per heavy atom. The van der Waals surface area contributed by atoms with Crippen LogP contribution in [0.4, 0.5) is 0 Å². The van der Waals surface area contributed by atoms with Gasteiger partial charge in [-0.3, -0.25) is 4.90 Å². The molecule has 0 N–H and O–H groups in total. The van der Waals surface area contributed by atoms with Gasteiger partial charge in [0.25, 0.3) is 0 Å². The molecule has 0 radical (unpaired) electrons. The van der Waals surface area contributed by atoms with Crippen molar-refractivity contribution in [3.05, 3.63) is 0 Å². The molecule has 2 nitrogen and oxygen atoms in total. The van der Waals surface area contributed by atoms with Gasteiger partial charge in [0.2, 0.25) is 0 Å². The molecular formula is C10H25NOSi. The van der Waals surface area contributed by atoms with Crippen LogP contribution in [-0.2, 0) is 4.43 Å². The Balaban J connectivity index is 3.94. The largest absolute Gasteiger partial charge is 0.426 e. The summed E-state index contributed by atoms with van der Waals surface area (Å²) in [4.78, 5) is 2.57. The molecule has 0 aliphatic heterocycles. The van der Waals surface area contributed by atoms with Gasteiger partial charge in [0.1, 0.15) is 10.5 Å². The summed E-state index contributed by atoms with van der Waals surface area (Å²) in [6, 6.07) is 0.650. The van der Waals surface area contributed by atoms with Crippen molar-refractivity contribution in [1.29, 1.82) is 0 Å². The van der Waals surface area contributed by atoms with Crippen molar-refractivity contribution in [1.82, 2.24) is 4.90 Å². The van der Waals surface area contributed by atoms with E-state index in [1.807, 2.05) is 0 Å². The monoisotopic (exact) mass is 203 g/mol. The van der Waals surface area contributed by atoms with Crippen LogP contribution in [0.1, 0.15) is 40.0 Å². The zero-order chi connectivity index (χ0) is 10.1. The van der Waals surface area contributed by atoms with E-state index in [2.05, 4.69) is 25.7 Å². The molecule has 0 saturated carbocycles. The predicted octanol–water partition coefficient (Wildman–Crippen LogP) is 1.18. The zero-order valence-electron chi connectivity index (χ0n) is 9.68. The average molecular weight is 203 g/mol. The second kappa shape index (κ2) is 8.72. The van der Waals surface area contributed by atoms with Crippen LogP contribution in [0.2, 0.25) is 0 Å². The second-order valence-electron chi connectivity index (χ2n) is 3.55. The van der Waals surface area contributed by atoms with Gasteiger partial charge >= 0.3 is 0 Å². The van der Waals surface area contributed by atoms with Crippen LogP contribution in [0.25, 0.3) is 0 Å². The fourth-order valence-corrected chi connectivity index (χ4v) is 2.11. The predicted molar refractivity (Wildman–Crippen MR) is 62.1 cm³/mol. The third-order valence-electron chi connectivity index (χ3n) is 2.37. The Morgan fingerprint density at radius 2 is 1.69 bits per heavy atom. The van der Waals surface area contributed by atoms with Gasteiger partial charge in [0, 0.05) is 12.6 Å². The first-order chi connectivity index (χ1) is 6.29. The van der Waals surface area contributed by atoms with E-state index in [0.717, 1.165) is 17.1 Å². The highest BCUT2D eigenvalue weighted by molar-refractivity contribution is 5.97. The van der Waals surface area contributed by atoms with Gasteiger partial charge in [0.05, 0.1) is 0 Å². The fraction of sp³-hybridized carbons (Fsp3) is 1.00. The van der Waals surface area contributed by atoms with E-state index in [-0.39, 0.29) is 0 Å². The summed E-state index contributed by atoms with van der Waals surface area (Å²) >= 11 is 0. The van der Waals surface area contributed by atoms with Gasteiger partial charge in [-0.2, -0.15) is 0 Å². The molecule has 0 aromatic heterocycles. The SMILES string of the molecule is CCCN(CCC)C(CC)CO[SiH3]. The first-order valence-corrected chi connectivity index (χ1v) is 6.34. The van der Waals surface area contributed by atoms with Crippen molar-refractivity contribution in [3.63, 3.8) is 0 Å². The highest BCUT2D eigenvalue weighted by Crippen LogP contribution is 2.06. The molecule has 0 aliphatic carbocycles. The molecule has 0 aromatic rings. The van der Waals surface area contributed by atoms with Crippen molar-refractivity contribution in [2.75, 3.05) is 19.7 Å². The van der Waals surface area contributed by atoms with Crippen LogP contribution < -0.4 is 0 Å². The van der Waals surface area contributed by atoms with Gasteiger partial charge in [0.15, 0.2) is 0 Å². The lowest BCUT2D eigenvalue weighted by atomic mass is 10.2. The molecule has 0 heterocycles. The summed E-state index contributed by atoms with van der Waals surface area (Å²) in [6.07, 6.45) is 3.71. The van der Waals surface area contributed by atoms with Crippen LogP contribution in [0.15, 0.2) is 0 Å². The molecule has 13 heavy (non-hydrogen) atoms. The Morgan fingerprint density at radius 3 is 2.00 bits per heavy atom. The molecule has 3 heteroatoms. The maximum Gasteiger partial charge on any atom is 0.146 e. The van der Waals surface area contributed by atoms with Gasteiger partial charge in [-0.05, 0) is 32.4 Å². The summed E-state index contributed by atoms with van der Waals surface area (Å²) in [5, 5.41) is 0. The lowest BCUT2D eigenvalue weighted by Crippen LogP contribution is -2.39. The molecule has 0 spiro atoms. The first-order valence-electron chi connectivity index (χ1n) is 5.53. The van der Waals surface area contributed by atoms with Crippen LogP contribution >= 0.6 is 0 Å². The topological polar surface area (TPSA) is 12.5 Å². The molecule has 0 bridgehead atoms. The Bertz CT molecular complexity index is 105. The van der Waals surface area contributed by atoms with Gasteiger partial charge in [-0.1, -0.05) is 20.8 Å². The minimum absolute atomic E-state index is 0.650. The summed E-state index contributed by atoms with van der Waals surface area (Å²) in [6.45, 7) is 10.1. The maximum absolute atomic E-state index is 5.37. The van der Waals surface area contributed by atoms with Crippen molar-refractivity contribution in [3.8, 4) is 0 Å². The minimum atomic E-state index is 0.650. The van der Waals surface area contributed by atoms with Gasteiger partial charge in [-0.15, -0.1) is 0 Å². The van der Waals surface area contributed by atoms with Crippen molar-refractivity contribution >= 4 is 10.5 Å². The molecule has 0 rings (SSSR count). The summed E-state index contributed by atoms with van der Waals surface area (Å²) < 4.78 is 5.37. The quantitative estimate of drug-likeness (QED) is 0.549. The van der Waals surface area contributed by atoms with Gasteiger partial charge < -0.3 is 4.43 Å². The molecule has 1 unspecified atom stereocenters. The van der Waals surface area contributed by atoms with E-state index in [9.17, 15) is 0 Å². The lowest BCUT2D eigenvalue weighted by Gasteiger charge is -2.30. The molecule has 80 valence electrons. The maximum atomic E-state index is 5.37. The van der Waals surface area contributed by atoms with Crippen LogP contribution in [0.5, 0.6) is 0 Å². The van der Waals surface area contributed by atoms with E-state index >= 15 is 0 Å². The van der Waals surface area contributed by atoms with Crippen molar-refractivity contribution in [2.45, 2.75) is 46.1 Å². The van der Waals surface area contributed by atoms with Crippen LogP contribution in [0.3, 0.4) is 0 Å². The molecule has 0 saturated heterocycles. The Kier molecular flexibility index (Phi) is 8.81. The smallest absolute Gasteiger partial charge is 0.146 e. The van der Waals surface area contributed by atoms with Crippen LogP contribution in [-0.4, -0.2) is 41.1 Å². The second-order valence-corrected chi connectivity index (χ2v) is 4.13. The number of nitrogens with zero attached hydrogens (tertiary/aromatic N) is 1. The molecule has 0 aliphatic rings. The standard InChI is InChI=1S/C10H25NOSi/c1-4-7-11(8-5-2)10(6-3)9-12-13/h10H,4-9H2,1-3,13H3. The average Bonchev–Trinajstić information content (AvgIpc) is 2.14. The van der Waals surface area contributed by atoms with Crippen molar-refractivity contribution < 1.29 is 4.43 Å². The number of rotatable bonds is 8. The molecule has 0 fully saturated rings. The highest BCUT2D eigenvalue weighted by atomic mass is 28.2. The van der Waals surface area contributed by atoms with Crippen LogP contribution in [0, 0.1) is 0 Å². The van der Waals surface area contributed by atoms with Gasteiger partial charge in [-0.25, -0.2) is 0 Å². The zero-order valence-corrected chi connectivity index (χ0v) is 11.7. The van der Waals surface area contributed by atoms with E-state index in [0.29, 0.717) is 6.04 Å². The van der Waals surface area contributed by atoms with Crippen molar-refractivity contribution in [2.24, 2.45) is 0 Å². The summed E-state index contributed by atoms with van der Waals surface area (Å²) in [5.41, 5.74) is 0. The Hall–Kier alpha value is 0.137. The number of hydrogen-bond donors (Lipinski definition) is 0. The molecule has 0 aromatic carbocycles. The lowest BCUT2D eigenvalue weighted by molar-refractivity contribution is 0.136. The minimum Gasteiger partial charge on any atom is -0.426 e. The number of hydrogen-bond acceptors (Lipinski definition) is 2. The molecule has 1 atom stereocenters. The fourth-order valence-electron chi connectivity index (χ4n) is 1.73. The van der Waals surface area contributed by atoms with E-state index in [4.69, 9.17) is 4.43 Å². The normalized spacial score (nSPS) is 13.8. The Labute approximate surface area is 86.2 Å². The first kappa shape index (κ1) is 13.1. The molecule has 0 amide bonds. The van der Waals surface area contributed by atoms with E-state index in [1.54, 1.807) is 0 Å².